The summed E-state index contributed by atoms with van der Waals surface area (Å²) in [6.45, 7) is 0. The zero-order chi connectivity index (χ0) is 8.39. The molecule has 0 saturated heterocycles. The first-order chi connectivity index (χ1) is 5.88. The summed E-state index contributed by atoms with van der Waals surface area (Å²) in [5.74, 6) is 0. The molecule has 0 aliphatic carbocycles. The van der Waals surface area contributed by atoms with Gasteiger partial charge in [-0.15, -0.1) is 11.3 Å². The van der Waals surface area contributed by atoms with Gasteiger partial charge in [-0.05, 0) is 18.2 Å². The van der Waals surface area contributed by atoms with Crippen LogP contribution < -0.4 is 0 Å². The van der Waals surface area contributed by atoms with E-state index in [1.807, 2.05) is 12.1 Å². The SMILES string of the molecule is Clc1cc[c]cc1-c1cncs1. The topological polar surface area (TPSA) is 12.9 Å². The Balaban J connectivity index is 2.55. The highest BCUT2D eigenvalue weighted by Crippen LogP contribution is 2.29. The van der Waals surface area contributed by atoms with Gasteiger partial charge in [0.05, 0.1) is 10.4 Å². The smallest absolute Gasteiger partial charge is 0.0797 e. The highest BCUT2D eigenvalue weighted by atomic mass is 35.5. The molecule has 1 nitrogen and oxygen atoms in total. The third-order valence-electron chi connectivity index (χ3n) is 1.51. The van der Waals surface area contributed by atoms with Gasteiger partial charge in [0.1, 0.15) is 0 Å². The first-order valence-corrected chi connectivity index (χ1v) is 4.68. The maximum absolute atomic E-state index is 5.97. The first-order valence-electron chi connectivity index (χ1n) is 3.42. The van der Waals surface area contributed by atoms with Gasteiger partial charge in [0.25, 0.3) is 0 Å². The first kappa shape index (κ1) is 7.77. The zero-order valence-electron chi connectivity index (χ0n) is 6.12. The molecule has 3 heteroatoms. The van der Waals surface area contributed by atoms with E-state index in [4.69, 9.17) is 11.6 Å². The van der Waals surface area contributed by atoms with Gasteiger partial charge in [-0.1, -0.05) is 17.7 Å². The lowest BCUT2D eigenvalue weighted by atomic mass is 10.2. The molecule has 1 aromatic heterocycles. The van der Waals surface area contributed by atoms with E-state index >= 15 is 0 Å². The van der Waals surface area contributed by atoms with Crippen LogP contribution in [0.15, 0.2) is 29.9 Å². The Morgan fingerprint density at radius 2 is 2.42 bits per heavy atom. The largest absolute Gasteiger partial charge is 0.252 e. The molecule has 0 aliphatic rings. The number of rotatable bonds is 1. The number of thiazole rings is 1. The van der Waals surface area contributed by atoms with E-state index in [2.05, 4.69) is 11.1 Å². The summed E-state index contributed by atoms with van der Waals surface area (Å²) in [7, 11) is 0. The second-order valence-corrected chi connectivity index (χ2v) is 3.57. The molecular weight excluding hydrogens is 190 g/mol. The molecule has 0 bridgehead atoms. The van der Waals surface area contributed by atoms with E-state index in [0.29, 0.717) is 0 Å². The second kappa shape index (κ2) is 3.25. The molecule has 0 unspecified atom stereocenters. The maximum Gasteiger partial charge on any atom is 0.0797 e. The lowest BCUT2D eigenvalue weighted by Gasteiger charge is -1.97. The quantitative estimate of drug-likeness (QED) is 0.679. The van der Waals surface area contributed by atoms with Crippen LogP contribution in [0.2, 0.25) is 5.02 Å². The van der Waals surface area contributed by atoms with E-state index in [0.717, 1.165) is 15.5 Å². The van der Waals surface area contributed by atoms with Gasteiger partial charge in [0, 0.05) is 16.8 Å². The van der Waals surface area contributed by atoms with Gasteiger partial charge < -0.3 is 0 Å². The minimum atomic E-state index is 0.748. The van der Waals surface area contributed by atoms with E-state index in [9.17, 15) is 0 Å². The fourth-order valence-corrected chi connectivity index (χ4v) is 1.88. The summed E-state index contributed by atoms with van der Waals surface area (Å²) in [4.78, 5) is 5.07. The van der Waals surface area contributed by atoms with Crippen molar-refractivity contribution < 1.29 is 0 Å². The van der Waals surface area contributed by atoms with Crippen LogP contribution >= 0.6 is 22.9 Å². The summed E-state index contributed by atoms with van der Waals surface area (Å²) in [5.41, 5.74) is 2.79. The molecule has 12 heavy (non-hydrogen) atoms. The molecule has 1 radical (unpaired) electrons. The minimum absolute atomic E-state index is 0.748. The molecule has 0 N–H and O–H groups in total. The van der Waals surface area contributed by atoms with Crippen molar-refractivity contribution in [3.8, 4) is 10.4 Å². The van der Waals surface area contributed by atoms with Crippen molar-refractivity contribution in [2.45, 2.75) is 0 Å². The monoisotopic (exact) mass is 194 g/mol. The number of halogens is 1. The van der Waals surface area contributed by atoms with Crippen LogP contribution in [0.25, 0.3) is 10.4 Å². The standard InChI is InChI=1S/C9H5ClNS/c10-8-4-2-1-3-7(8)9-5-11-6-12-9/h2-6H. The molecule has 0 atom stereocenters. The summed E-state index contributed by atoms with van der Waals surface area (Å²) in [5, 5.41) is 0.748. The molecule has 2 aromatic rings. The Labute approximate surface area is 79.7 Å². The molecule has 0 aliphatic heterocycles. The molecule has 1 aromatic carbocycles. The third-order valence-corrected chi connectivity index (χ3v) is 2.64. The third kappa shape index (κ3) is 1.36. The van der Waals surface area contributed by atoms with Gasteiger partial charge >= 0.3 is 0 Å². The van der Waals surface area contributed by atoms with Crippen molar-refractivity contribution in [3.63, 3.8) is 0 Å². The summed E-state index contributed by atoms with van der Waals surface area (Å²) in [6, 6.07) is 8.48. The van der Waals surface area contributed by atoms with E-state index < -0.39 is 0 Å². The molecule has 0 saturated carbocycles. The number of benzene rings is 1. The van der Waals surface area contributed by atoms with Gasteiger partial charge in [-0.2, -0.15) is 0 Å². The lowest BCUT2D eigenvalue weighted by Crippen LogP contribution is -1.73. The molecule has 1 heterocycles. The van der Waals surface area contributed by atoms with Crippen LogP contribution in [0.4, 0.5) is 0 Å². The average molecular weight is 195 g/mol. The van der Waals surface area contributed by atoms with Crippen LogP contribution in [-0.2, 0) is 0 Å². The number of hydrogen-bond acceptors (Lipinski definition) is 2. The van der Waals surface area contributed by atoms with Gasteiger partial charge in [-0.25, -0.2) is 0 Å². The number of hydrogen-bond donors (Lipinski definition) is 0. The fraction of sp³-hybridized carbons (Fsp3) is 0. The Hall–Kier alpha value is -0.860. The molecular formula is C9H5ClNS. The van der Waals surface area contributed by atoms with Crippen molar-refractivity contribution in [2.75, 3.05) is 0 Å². The molecule has 0 amide bonds. The van der Waals surface area contributed by atoms with Crippen LogP contribution in [-0.4, -0.2) is 4.98 Å². The Kier molecular flexibility index (Phi) is 2.11. The second-order valence-electron chi connectivity index (χ2n) is 2.27. The highest BCUT2D eigenvalue weighted by Gasteiger charge is 2.02. The van der Waals surface area contributed by atoms with E-state index in [1.165, 1.54) is 0 Å². The van der Waals surface area contributed by atoms with Crippen molar-refractivity contribution >= 4 is 22.9 Å². The van der Waals surface area contributed by atoms with Gasteiger partial charge in [0.2, 0.25) is 0 Å². The molecule has 2 rings (SSSR count). The number of nitrogens with zero attached hydrogens (tertiary/aromatic N) is 1. The van der Waals surface area contributed by atoms with Gasteiger partial charge in [0.15, 0.2) is 0 Å². The fourth-order valence-electron chi connectivity index (χ4n) is 0.949. The van der Waals surface area contributed by atoms with Crippen LogP contribution in [0.3, 0.4) is 0 Å². The summed E-state index contributed by atoms with van der Waals surface area (Å²) in [6.07, 6.45) is 1.81. The van der Waals surface area contributed by atoms with E-state index in [1.54, 1.807) is 29.1 Å². The van der Waals surface area contributed by atoms with Crippen LogP contribution in [0, 0.1) is 6.07 Å². The Morgan fingerprint density at radius 1 is 1.50 bits per heavy atom. The Morgan fingerprint density at radius 3 is 3.08 bits per heavy atom. The molecule has 59 valence electrons. The predicted octanol–water partition coefficient (Wildman–Crippen LogP) is 3.26. The molecule has 0 fully saturated rings. The zero-order valence-corrected chi connectivity index (χ0v) is 7.69. The van der Waals surface area contributed by atoms with Crippen molar-refractivity contribution in [1.29, 1.82) is 0 Å². The number of aromatic nitrogens is 1. The normalized spacial score (nSPS) is 10.1. The summed E-state index contributed by atoms with van der Waals surface area (Å²) >= 11 is 7.55. The predicted molar refractivity (Wildman–Crippen MR) is 51.4 cm³/mol. The van der Waals surface area contributed by atoms with E-state index in [-0.39, 0.29) is 0 Å². The van der Waals surface area contributed by atoms with Gasteiger partial charge in [-0.3, -0.25) is 4.98 Å². The van der Waals surface area contributed by atoms with Crippen LogP contribution in [0.5, 0.6) is 0 Å². The van der Waals surface area contributed by atoms with Crippen molar-refractivity contribution in [2.24, 2.45) is 0 Å². The van der Waals surface area contributed by atoms with Crippen LogP contribution in [0.1, 0.15) is 0 Å². The minimum Gasteiger partial charge on any atom is -0.252 e. The molecule has 0 spiro atoms. The van der Waals surface area contributed by atoms with Crippen molar-refractivity contribution in [3.05, 3.63) is 41.0 Å². The van der Waals surface area contributed by atoms with Crippen molar-refractivity contribution in [1.82, 2.24) is 4.98 Å². The lowest BCUT2D eigenvalue weighted by molar-refractivity contribution is 1.42. The highest BCUT2D eigenvalue weighted by molar-refractivity contribution is 7.13. The average Bonchev–Trinajstić information content (AvgIpc) is 2.57. The Bertz CT molecular complexity index is 370. The maximum atomic E-state index is 5.97. The summed E-state index contributed by atoms with van der Waals surface area (Å²) < 4.78 is 0.